The number of pyridine rings is 2. The zero-order chi connectivity index (χ0) is 26.0. The van der Waals surface area contributed by atoms with Gasteiger partial charge < -0.3 is 20.1 Å². The van der Waals surface area contributed by atoms with E-state index in [-0.39, 0.29) is 51.6 Å². The molecule has 2 aromatic heterocycles. The van der Waals surface area contributed by atoms with Crippen molar-refractivity contribution in [3.63, 3.8) is 0 Å². The zero-order valence-corrected chi connectivity index (χ0v) is 24.8. The Morgan fingerprint density at radius 2 is 0.897 bits per heavy atom. The number of rotatable bonds is 6. The van der Waals surface area contributed by atoms with Gasteiger partial charge in [-0.15, -0.1) is 0 Å². The van der Waals surface area contributed by atoms with E-state index in [1.54, 1.807) is 60.9 Å². The van der Waals surface area contributed by atoms with Crippen LogP contribution in [-0.4, -0.2) is 59.3 Å². The molecular formula is C24H22N4O8S2Zn. The van der Waals surface area contributed by atoms with Gasteiger partial charge in [0, 0.05) is 12.4 Å². The maximum Gasteiger partial charge on any atom is 2.00 e. The summed E-state index contributed by atoms with van der Waals surface area (Å²) in [6.45, 7) is 0. The summed E-state index contributed by atoms with van der Waals surface area (Å²) >= 11 is 0. The third-order valence-electron chi connectivity index (χ3n) is 4.32. The number of aromatic nitrogens is 2. The number of hydrogen-bond donors (Lipinski definition) is 0. The molecule has 0 unspecified atom stereocenters. The molecular weight excluding hydrogens is 602 g/mol. The summed E-state index contributed by atoms with van der Waals surface area (Å²) in [7, 11) is -9.04. The first-order chi connectivity index (χ1) is 17.1. The Balaban J connectivity index is 0.000000688. The molecule has 0 saturated heterocycles. The van der Waals surface area contributed by atoms with Crippen LogP contribution in [0.25, 0.3) is 0 Å². The van der Waals surface area contributed by atoms with Crippen molar-refractivity contribution in [2.45, 2.75) is 9.79 Å². The smallest absolute Gasteiger partial charge is 0.744 e. The van der Waals surface area contributed by atoms with Gasteiger partial charge in [0.1, 0.15) is 20.2 Å². The second-order valence-corrected chi connectivity index (χ2v) is 9.57. The van der Waals surface area contributed by atoms with Crippen LogP contribution < -0.4 is 0 Å². The van der Waals surface area contributed by atoms with Crippen LogP contribution in [0.1, 0.15) is 11.4 Å². The maximum absolute atomic E-state index is 11.0. The monoisotopic (exact) mass is 622 g/mol. The molecule has 0 amide bonds. The van der Waals surface area contributed by atoms with Crippen LogP contribution in [0.2, 0.25) is 0 Å². The predicted octanol–water partition coefficient (Wildman–Crippen LogP) is 1.82. The molecule has 0 saturated carbocycles. The average molecular weight is 624 g/mol. The van der Waals surface area contributed by atoms with Crippen LogP contribution >= 0.6 is 0 Å². The first-order valence-corrected chi connectivity index (χ1v) is 13.0. The van der Waals surface area contributed by atoms with Crippen molar-refractivity contribution in [1.82, 2.24) is 9.97 Å². The Morgan fingerprint density at radius 1 is 0.564 bits per heavy atom. The summed E-state index contributed by atoms with van der Waals surface area (Å²) in [5, 5.41) is 0. The van der Waals surface area contributed by atoms with Crippen molar-refractivity contribution in [3.05, 3.63) is 109 Å². The van der Waals surface area contributed by atoms with Crippen LogP contribution in [-0.2, 0) is 39.7 Å². The van der Waals surface area contributed by atoms with E-state index in [0.717, 1.165) is 0 Å². The van der Waals surface area contributed by atoms with Crippen molar-refractivity contribution in [2.75, 3.05) is 0 Å². The van der Waals surface area contributed by atoms with Crippen LogP contribution in [0.3, 0.4) is 0 Å². The average Bonchev–Trinajstić information content (AvgIpc) is 2.87. The third kappa shape index (κ3) is 11.4. The third-order valence-corrected chi connectivity index (χ3v) is 6.08. The molecule has 0 atom stereocenters. The second-order valence-electron chi connectivity index (χ2n) is 6.87. The van der Waals surface area contributed by atoms with E-state index < -0.39 is 20.2 Å². The molecule has 2 aromatic carbocycles. The zero-order valence-electron chi connectivity index (χ0n) is 20.2. The fourth-order valence-corrected chi connectivity index (χ4v) is 3.97. The molecule has 12 nitrogen and oxygen atoms in total. The van der Waals surface area contributed by atoms with Crippen LogP contribution in [0.4, 0.5) is 11.4 Å². The molecule has 0 bridgehead atoms. The number of nitrogens with zero attached hydrogens (tertiary/aromatic N) is 4. The Labute approximate surface area is 238 Å². The van der Waals surface area contributed by atoms with Crippen LogP contribution in [0.15, 0.2) is 117 Å². The van der Waals surface area contributed by atoms with E-state index in [1.165, 1.54) is 48.8 Å². The molecule has 2 heterocycles. The van der Waals surface area contributed by atoms with Crippen molar-refractivity contribution >= 4 is 44.0 Å². The number of hydrogen-bond acceptors (Lipinski definition) is 10. The summed E-state index contributed by atoms with van der Waals surface area (Å²) in [5.74, 6) is 0. The molecule has 0 aliphatic rings. The first-order valence-electron chi connectivity index (χ1n) is 10.1. The number of para-hydroxylation sites is 2. The van der Waals surface area contributed by atoms with Crippen LogP contribution in [0.5, 0.6) is 0 Å². The minimum absolute atomic E-state index is 0. The van der Waals surface area contributed by atoms with Gasteiger partial charge >= 0.3 is 19.5 Å². The summed E-state index contributed by atoms with van der Waals surface area (Å²) < 4.78 is 66.1. The quantitative estimate of drug-likeness (QED) is 0.174. The summed E-state index contributed by atoms with van der Waals surface area (Å²) in [6, 6.07) is 22.1. The van der Waals surface area contributed by atoms with Gasteiger partial charge in [-0.1, -0.05) is 36.4 Å². The second kappa shape index (κ2) is 16.4. The fraction of sp³-hybridized carbons (Fsp3) is 0. The summed E-state index contributed by atoms with van der Waals surface area (Å²) in [6.07, 6.45) is 6.00. The van der Waals surface area contributed by atoms with E-state index >= 15 is 0 Å². The van der Waals surface area contributed by atoms with E-state index in [2.05, 4.69) is 20.0 Å². The number of aliphatic imine (C=N–C) groups is 2. The molecule has 200 valence electrons. The molecule has 4 rings (SSSR count). The molecule has 0 radical (unpaired) electrons. The largest absolute Gasteiger partial charge is 2.00 e. The van der Waals surface area contributed by atoms with Crippen molar-refractivity contribution in [3.8, 4) is 0 Å². The molecule has 15 heteroatoms. The van der Waals surface area contributed by atoms with Gasteiger partial charge in [-0.25, -0.2) is 16.8 Å². The summed E-state index contributed by atoms with van der Waals surface area (Å²) in [5.41, 5.74) is 1.38. The Morgan fingerprint density at radius 3 is 1.21 bits per heavy atom. The number of benzene rings is 2. The molecule has 39 heavy (non-hydrogen) atoms. The molecule has 0 fully saturated rings. The van der Waals surface area contributed by atoms with Crippen molar-refractivity contribution < 1.29 is 56.4 Å². The van der Waals surface area contributed by atoms with Gasteiger partial charge in [0.25, 0.3) is 0 Å². The van der Waals surface area contributed by atoms with Crippen molar-refractivity contribution in [1.29, 1.82) is 0 Å². The predicted molar refractivity (Wildman–Crippen MR) is 139 cm³/mol. The minimum Gasteiger partial charge on any atom is -0.744 e. The Hall–Kier alpha value is -3.56. The molecule has 0 aliphatic carbocycles. The Kier molecular flexibility index (Phi) is 14.9. The normalized spacial score (nSPS) is 10.9. The Bertz CT molecular complexity index is 1470. The maximum atomic E-state index is 11.0. The first kappa shape index (κ1) is 35.4. The SMILES string of the molecule is O.O.O=S(=O)([O-])c1ccccc1N=Cc1ccccn1.O=S(=O)([O-])c1ccccc1N=Cc1ccccn1.[Zn+2]. The van der Waals surface area contributed by atoms with Crippen LogP contribution in [0, 0.1) is 0 Å². The summed E-state index contributed by atoms with van der Waals surface area (Å²) in [4.78, 5) is 15.3. The standard InChI is InChI=1S/2C12H10N2O3S.2H2O.Zn/c2*15-18(16,17)12-7-2-1-6-11(12)14-9-10-5-3-4-8-13-10;;;/h2*1-9H,(H,15,16,17);2*1H2;/q;;;;+2/p-2. The van der Waals surface area contributed by atoms with Gasteiger partial charge in [-0.05, 0) is 48.5 Å². The van der Waals surface area contributed by atoms with E-state index in [4.69, 9.17) is 0 Å². The molecule has 4 N–H and O–H groups in total. The molecule has 0 spiro atoms. The van der Waals surface area contributed by atoms with Gasteiger partial charge in [-0.3, -0.25) is 20.0 Å². The minimum atomic E-state index is -4.52. The van der Waals surface area contributed by atoms with Gasteiger partial charge in [0.2, 0.25) is 0 Å². The van der Waals surface area contributed by atoms with Gasteiger partial charge in [0.05, 0.1) is 45.0 Å². The topological polar surface area (TPSA) is 228 Å². The van der Waals surface area contributed by atoms with Crippen molar-refractivity contribution in [2.24, 2.45) is 9.98 Å². The molecule has 0 aliphatic heterocycles. The fourth-order valence-electron chi connectivity index (χ4n) is 2.73. The van der Waals surface area contributed by atoms with E-state index in [9.17, 15) is 25.9 Å². The molecule has 4 aromatic rings. The van der Waals surface area contributed by atoms with Gasteiger partial charge in [0.15, 0.2) is 0 Å². The van der Waals surface area contributed by atoms with E-state index in [1.807, 2.05) is 0 Å². The van der Waals surface area contributed by atoms with Gasteiger partial charge in [-0.2, -0.15) is 0 Å². The van der Waals surface area contributed by atoms with E-state index in [0.29, 0.717) is 11.4 Å².